The molecule has 1 aromatic carbocycles. The van der Waals surface area contributed by atoms with E-state index in [4.69, 9.17) is 5.73 Å². The number of nitrogens with two attached hydrogens (primary N) is 1. The minimum absolute atomic E-state index is 0.106. The Kier molecular flexibility index (Phi) is 5.21. The van der Waals surface area contributed by atoms with Crippen LogP contribution in [0.15, 0.2) is 11.0 Å². The predicted molar refractivity (Wildman–Crippen MR) is 84.3 cm³/mol. The summed E-state index contributed by atoms with van der Waals surface area (Å²) in [5.41, 5.74) is 8.71. The second kappa shape index (κ2) is 6.14. The summed E-state index contributed by atoms with van der Waals surface area (Å²) in [6.45, 7) is 11.4. The lowest BCUT2D eigenvalue weighted by Gasteiger charge is -2.22. The van der Waals surface area contributed by atoms with Crippen molar-refractivity contribution in [2.75, 3.05) is 5.73 Å². The lowest BCUT2D eigenvalue weighted by molar-refractivity contribution is 0.434. The molecule has 0 aliphatic rings. The Hall–Kier alpha value is -1.07. The third kappa shape index (κ3) is 3.33. The minimum Gasteiger partial charge on any atom is -0.398 e. The zero-order valence-electron chi connectivity index (χ0n) is 13.2. The van der Waals surface area contributed by atoms with Crippen molar-refractivity contribution in [3.05, 3.63) is 22.8 Å². The lowest BCUT2D eigenvalue weighted by atomic mass is 10.0. The van der Waals surface area contributed by atoms with Gasteiger partial charge in [0.1, 0.15) is 0 Å². The predicted octanol–water partition coefficient (Wildman–Crippen LogP) is 2.91. The van der Waals surface area contributed by atoms with Gasteiger partial charge in [0.25, 0.3) is 0 Å². The molecule has 0 fully saturated rings. The first-order chi connectivity index (χ1) is 9.11. The summed E-state index contributed by atoms with van der Waals surface area (Å²) < 4.78 is 28.1. The van der Waals surface area contributed by atoms with Crippen LogP contribution in [0.2, 0.25) is 0 Å². The van der Waals surface area contributed by atoms with Crippen LogP contribution in [0, 0.1) is 26.7 Å². The van der Waals surface area contributed by atoms with Gasteiger partial charge in [-0.1, -0.05) is 20.3 Å². The molecule has 2 atom stereocenters. The lowest BCUT2D eigenvalue weighted by Crippen LogP contribution is -2.37. The highest BCUT2D eigenvalue weighted by molar-refractivity contribution is 7.89. The maximum atomic E-state index is 12.6. The van der Waals surface area contributed by atoms with Gasteiger partial charge < -0.3 is 5.73 Å². The second-order valence-electron chi connectivity index (χ2n) is 5.66. The van der Waals surface area contributed by atoms with Crippen LogP contribution in [0.25, 0.3) is 0 Å². The Morgan fingerprint density at radius 2 is 1.75 bits per heavy atom. The van der Waals surface area contributed by atoms with Gasteiger partial charge in [-0.3, -0.25) is 0 Å². The summed E-state index contributed by atoms with van der Waals surface area (Å²) in [5, 5.41) is 0. The number of nitrogen functional groups attached to an aromatic ring is 1. The average molecular weight is 298 g/mol. The van der Waals surface area contributed by atoms with Gasteiger partial charge in [-0.25, -0.2) is 13.1 Å². The Balaban J connectivity index is 3.30. The first-order valence-corrected chi connectivity index (χ1v) is 8.48. The summed E-state index contributed by atoms with van der Waals surface area (Å²) in [4.78, 5) is 0.324. The molecule has 0 aliphatic carbocycles. The standard InChI is InChI=1S/C15H26N2O2S/c1-7-9(2)13(6)17-20(18,19)15-11(4)10(3)8-14(16)12(15)5/h8-9,13,17H,7,16H2,1-6H3. The highest BCUT2D eigenvalue weighted by atomic mass is 32.2. The van der Waals surface area contributed by atoms with Gasteiger partial charge in [0.05, 0.1) is 4.90 Å². The molecule has 0 saturated carbocycles. The van der Waals surface area contributed by atoms with Gasteiger partial charge in [-0.15, -0.1) is 0 Å². The van der Waals surface area contributed by atoms with Crippen molar-refractivity contribution >= 4 is 15.7 Å². The maximum Gasteiger partial charge on any atom is 0.241 e. The molecule has 5 heteroatoms. The van der Waals surface area contributed by atoms with E-state index in [1.807, 2.05) is 33.8 Å². The number of benzene rings is 1. The van der Waals surface area contributed by atoms with Gasteiger partial charge >= 0.3 is 0 Å². The van der Waals surface area contributed by atoms with Crippen LogP contribution in [0.4, 0.5) is 5.69 Å². The molecule has 4 nitrogen and oxygen atoms in total. The van der Waals surface area contributed by atoms with E-state index in [1.54, 1.807) is 6.92 Å². The molecule has 0 aliphatic heterocycles. The van der Waals surface area contributed by atoms with Crippen molar-refractivity contribution in [2.24, 2.45) is 5.92 Å². The number of aryl methyl sites for hydroxylation is 1. The van der Waals surface area contributed by atoms with E-state index in [9.17, 15) is 8.42 Å². The van der Waals surface area contributed by atoms with E-state index in [1.165, 1.54) is 0 Å². The smallest absolute Gasteiger partial charge is 0.241 e. The molecule has 0 aromatic heterocycles. The third-order valence-electron chi connectivity index (χ3n) is 4.18. The SMILES string of the molecule is CCC(C)C(C)NS(=O)(=O)c1c(C)c(C)cc(N)c1C. The number of rotatable bonds is 5. The van der Waals surface area contributed by atoms with Crippen molar-refractivity contribution in [1.82, 2.24) is 4.72 Å². The molecule has 20 heavy (non-hydrogen) atoms. The number of hydrogen-bond acceptors (Lipinski definition) is 3. The quantitative estimate of drug-likeness (QED) is 0.821. The van der Waals surface area contributed by atoms with Crippen LogP contribution in [0.1, 0.15) is 43.9 Å². The van der Waals surface area contributed by atoms with Gasteiger partial charge in [0.15, 0.2) is 0 Å². The number of hydrogen-bond donors (Lipinski definition) is 2. The van der Waals surface area contributed by atoms with Gasteiger partial charge in [0.2, 0.25) is 10.0 Å². The molecular weight excluding hydrogens is 272 g/mol. The summed E-state index contributed by atoms with van der Waals surface area (Å²) in [6, 6.07) is 1.72. The van der Waals surface area contributed by atoms with E-state index in [0.29, 0.717) is 16.1 Å². The van der Waals surface area contributed by atoms with E-state index >= 15 is 0 Å². The van der Waals surface area contributed by atoms with Crippen LogP contribution < -0.4 is 10.5 Å². The third-order valence-corrected chi connectivity index (χ3v) is 6.02. The molecule has 0 saturated heterocycles. The Bertz CT molecular complexity index is 568. The van der Waals surface area contributed by atoms with E-state index < -0.39 is 10.0 Å². The number of anilines is 1. The zero-order chi connectivity index (χ0) is 15.7. The summed E-state index contributed by atoms with van der Waals surface area (Å²) in [7, 11) is -3.55. The molecule has 114 valence electrons. The van der Waals surface area contributed by atoms with E-state index in [0.717, 1.165) is 17.5 Å². The summed E-state index contributed by atoms with van der Waals surface area (Å²) in [5.74, 6) is 0.285. The van der Waals surface area contributed by atoms with Gasteiger partial charge in [-0.2, -0.15) is 0 Å². The molecule has 0 radical (unpaired) electrons. The Morgan fingerprint density at radius 3 is 2.25 bits per heavy atom. The number of nitrogens with one attached hydrogen (secondary N) is 1. The van der Waals surface area contributed by atoms with Gasteiger partial charge in [-0.05, 0) is 56.4 Å². The second-order valence-corrected chi connectivity index (χ2v) is 7.31. The molecule has 3 N–H and O–H groups in total. The van der Waals surface area contributed by atoms with Crippen molar-refractivity contribution in [2.45, 2.75) is 58.9 Å². The molecule has 0 amide bonds. The highest BCUT2D eigenvalue weighted by Gasteiger charge is 2.25. The Labute approximate surface area is 122 Å². The van der Waals surface area contributed by atoms with E-state index in [-0.39, 0.29) is 12.0 Å². The first-order valence-electron chi connectivity index (χ1n) is 7.00. The van der Waals surface area contributed by atoms with Crippen LogP contribution in [0.5, 0.6) is 0 Å². The molecule has 1 rings (SSSR count). The molecule has 0 bridgehead atoms. The van der Waals surface area contributed by atoms with Crippen molar-refractivity contribution in [1.29, 1.82) is 0 Å². The average Bonchev–Trinajstić information content (AvgIpc) is 2.34. The fraction of sp³-hybridized carbons (Fsp3) is 0.600. The normalized spacial score (nSPS) is 15.1. The highest BCUT2D eigenvalue weighted by Crippen LogP contribution is 2.28. The molecule has 2 unspecified atom stereocenters. The largest absolute Gasteiger partial charge is 0.398 e. The van der Waals surface area contributed by atoms with Gasteiger partial charge in [0, 0.05) is 11.7 Å². The van der Waals surface area contributed by atoms with Crippen molar-refractivity contribution in [3.63, 3.8) is 0 Å². The molecule has 0 heterocycles. The fourth-order valence-electron chi connectivity index (χ4n) is 2.22. The first kappa shape index (κ1) is 17.0. The topological polar surface area (TPSA) is 72.2 Å². The Morgan fingerprint density at radius 1 is 1.20 bits per heavy atom. The zero-order valence-corrected chi connectivity index (χ0v) is 14.1. The van der Waals surface area contributed by atoms with Crippen LogP contribution in [-0.4, -0.2) is 14.5 Å². The molecule has 0 spiro atoms. The maximum absolute atomic E-state index is 12.6. The van der Waals surface area contributed by atoms with Crippen LogP contribution in [0.3, 0.4) is 0 Å². The van der Waals surface area contributed by atoms with Crippen molar-refractivity contribution in [3.8, 4) is 0 Å². The summed E-state index contributed by atoms with van der Waals surface area (Å²) in [6.07, 6.45) is 0.928. The van der Waals surface area contributed by atoms with Crippen molar-refractivity contribution < 1.29 is 8.42 Å². The van der Waals surface area contributed by atoms with Crippen LogP contribution in [-0.2, 0) is 10.0 Å². The molecule has 1 aromatic rings. The number of sulfonamides is 1. The molecular formula is C15H26N2O2S. The monoisotopic (exact) mass is 298 g/mol. The van der Waals surface area contributed by atoms with Crippen LogP contribution >= 0.6 is 0 Å². The minimum atomic E-state index is -3.55. The summed E-state index contributed by atoms with van der Waals surface area (Å²) >= 11 is 0. The fourth-order valence-corrected chi connectivity index (χ4v) is 4.14. The van der Waals surface area contributed by atoms with E-state index in [2.05, 4.69) is 11.6 Å².